The maximum Gasteiger partial charge on any atom is 0.282 e. The molecule has 1 N–H and O–H groups in total. The number of carbonyl (C=O) groups excluding carboxylic acids is 1. The number of hydrogen-bond acceptors (Lipinski definition) is 5. The van der Waals surface area contributed by atoms with Gasteiger partial charge in [0.15, 0.2) is 5.13 Å². The molecule has 1 aromatic heterocycles. The van der Waals surface area contributed by atoms with E-state index < -0.39 is 10.8 Å². The van der Waals surface area contributed by atoms with Gasteiger partial charge in [0.05, 0.1) is 15.1 Å². The molecule has 0 aliphatic carbocycles. The maximum absolute atomic E-state index is 12.3. The topological polar surface area (TPSA) is 85.1 Å². The predicted molar refractivity (Wildman–Crippen MR) is 93.4 cm³/mol. The summed E-state index contributed by atoms with van der Waals surface area (Å²) in [7, 11) is 0. The zero-order valence-corrected chi connectivity index (χ0v) is 14.4. The Bertz CT molecular complexity index is 944. The fourth-order valence-electron chi connectivity index (χ4n) is 1.98. The Kier molecular flexibility index (Phi) is 4.29. The van der Waals surface area contributed by atoms with Crippen LogP contribution in [0.5, 0.6) is 0 Å². The SMILES string of the molecule is O=C(Nc1nc2c(Br)cccc2s1)c1cc(Cl)ccc1[N+](=O)[O-]. The molecule has 0 aliphatic rings. The van der Waals surface area contributed by atoms with Crippen LogP contribution in [0.1, 0.15) is 10.4 Å². The summed E-state index contributed by atoms with van der Waals surface area (Å²) in [6, 6.07) is 9.40. The van der Waals surface area contributed by atoms with E-state index in [1.807, 2.05) is 18.2 Å². The van der Waals surface area contributed by atoms with Crippen LogP contribution in [0.25, 0.3) is 10.2 Å². The second-order valence-corrected chi connectivity index (χ2v) is 6.80. The molecule has 3 rings (SSSR count). The average molecular weight is 413 g/mol. The van der Waals surface area contributed by atoms with Gasteiger partial charge in [0.25, 0.3) is 11.6 Å². The van der Waals surface area contributed by atoms with Gasteiger partial charge in [-0.3, -0.25) is 20.2 Å². The molecule has 0 aliphatic heterocycles. The van der Waals surface area contributed by atoms with E-state index in [2.05, 4.69) is 26.2 Å². The molecule has 3 aromatic rings. The number of aromatic nitrogens is 1. The Hall–Kier alpha value is -2.03. The molecule has 9 heteroatoms. The van der Waals surface area contributed by atoms with Gasteiger partial charge in [-0.15, -0.1) is 0 Å². The quantitative estimate of drug-likeness (QED) is 0.491. The highest BCUT2D eigenvalue weighted by atomic mass is 79.9. The van der Waals surface area contributed by atoms with Gasteiger partial charge in [0, 0.05) is 15.6 Å². The second-order valence-electron chi connectivity index (χ2n) is 4.48. The highest BCUT2D eigenvalue weighted by Crippen LogP contribution is 2.31. The molecule has 2 aromatic carbocycles. The van der Waals surface area contributed by atoms with Crippen LogP contribution in [-0.4, -0.2) is 15.8 Å². The first-order chi connectivity index (χ1) is 11.0. The first-order valence-corrected chi connectivity index (χ1v) is 8.25. The predicted octanol–water partition coefficient (Wildman–Crippen LogP) is 4.87. The lowest BCUT2D eigenvalue weighted by atomic mass is 10.1. The van der Waals surface area contributed by atoms with E-state index in [-0.39, 0.29) is 16.3 Å². The van der Waals surface area contributed by atoms with Crippen molar-refractivity contribution in [3.05, 3.63) is 61.6 Å². The van der Waals surface area contributed by atoms with Crippen LogP contribution in [0.2, 0.25) is 5.02 Å². The zero-order valence-electron chi connectivity index (χ0n) is 11.2. The van der Waals surface area contributed by atoms with Crippen molar-refractivity contribution in [2.45, 2.75) is 0 Å². The first kappa shape index (κ1) is 15.9. The molecule has 0 radical (unpaired) electrons. The molecule has 0 saturated carbocycles. The number of amides is 1. The molecular formula is C14H7BrClN3O3S. The highest BCUT2D eigenvalue weighted by molar-refractivity contribution is 9.10. The number of nitro benzene ring substituents is 1. The molecular weight excluding hydrogens is 406 g/mol. The lowest BCUT2D eigenvalue weighted by Gasteiger charge is -2.03. The van der Waals surface area contributed by atoms with Crippen LogP contribution in [0.3, 0.4) is 0 Å². The Labute approximate surface area is 147 Å². The van der Waals surface area contributed by atoms with Crippen LogP contribution >= 0.6 is 38.9 Å². The third-order valence-electron chi connectivity index (χ3n) is 2.99. The molecule has 0 saturated heterocycles. The standard InChI is InChI=1S/C14H7BrClN3O3S/c15-9-2-1-3-11-12(9)17-14(23-11)18-13(20)8-6-7(16)4-5-10(8)19(21)22/h1-6H,(H,17,18,20). The second kappa shape index (κ2) is 6.23. The number of anilines is 1. The van der Waals surface area contributed by atoms with Crippen molar-refractivity contribution in [2.75, 3.05) is 5.32 Å². The Morgan fingerprint density at radius 1 is 1.35 bits per heavy atom. The number of hydrogen-bond donors (Lipinski definition) is 1. The summed E-state index contributed by atoms with van der Waals surface area (Å²) in [5.74, 6) is -0.630. The molecule has 0 bridgehead atoms. The summed E-state index contributed by atoms with van der Waals surface area (Å²) < 4.78 is 1.69. The minimum Gasteiger partial charge on any atom is -0.298 e. The summed E-state index contributed by atoms with van der Waals surface area (Å²) in [6.45, 7) is 0. The van der Waals surface area contributed by atoms with E-state index in [0.717, 1.165) is 9.17 Å². The van der Waals surface area contributed by atoms with Crippen molar-refractivity contribution in [1.82, 2.24) is 4.98 Å². The van der Waals surface area contributed by atoms with Gasteiger partial charge in [0.1, 0.15) is 5.56 Å². The number of thiazole rings is 1. The van der Waals surface area contributed by atoms with E-state index in [1.54, 1.807) is 0 Å². The summed E-state index contributed by atoms with van der Waals surface area (Å²) in [6.07, 6.45) is 0. The lowest BCUT2D eigenvalue weighted by Crippen LogP contribution is -2.13. The number of rotatable bonds is 3. The van der Waals surface area contributed by atoms with Crippen molar-refractivity contribution in [1.29, 1.82) is 0 Å². The summed E-state index contributed by atoms with van der Waals surface area (Å²) in [5.41, 5.74) is 0.295. The van der Waals surface area contributed by atoms with E-state index in [9.17, 15) is 14.9 Å². The van der Waals surface area contributed by atoms with Crippen molar-refractivity contribution in [3.63, 3.8) is 0 Å². The minimum atomic E-state index is -0.630. The van der Waals surface area contributed by atoms with E-state index in [1.165, 1.54) is 29.5 Å². The normalized spacial score (nSPS) is 10.7. The van der Waals surface area contributed by atoms with Gasteiger partial charge in [0.2, 0.25) is 0 Å². The average Bonchev–Trinajstić information content (AvgIpc) is 2.90. The van der Waals surface area contributed by atoms with Crippen molar-refractivity contribution in [3.8, 4) is 0 Å². The van der Waals surface area contributed by atoms with Gasteiger partial charge >= 0.3 is 0 Å². The lowest BCUT2D eigenvalue weighted by molar-refractivity contribution is -0.385. The number of carbonyl (C=O) groups is 1. The van der Waals surface area contributed by atoms with Crippen molar-refractivity contribution >= 4 is 65.8 Å². The van der Waals surface area contributed by atoms with Crippen LogP contribution < -0.4 is 5.32 Å². The number of fused-ring (bicyclic) bond motifs is 1. The Morgan fingerprint density at radius 3 is 2.83 bits per heavy atom. The van der Waals surface area contributed by atoms with Gasteiger partial charge in [-0.2, -0.15) is 0 Å². The summed E-state index contributed by atoms with van der Waals surface area (Å²) >= 11 is 10.5. The Morgan fingerprint density at radius 2 is 2.13 bits per heavy atom. The molecule has 6 nitrogen and oxygen atoms in total. The molecule has 1 amide bonds. The molecule has 0 atom stereocenters. The minimum absolute atomic E-state index is 0.110. The number of nitro groups is 1. The van der Waals surface area contributed by atoms with Gasteiger partial charge in [-0.1, -0.05) is 29.0 Å². The molecule has 0 fully saturated rings. The Balaban J connectivity index is 1.96. The smallest absolute Gasteiger partial charge is 0.282 e. The third-order valence-corrected chi connectivity index (χ3v) is 4.80. The number of benzene rings is 2. The van der Waals surface area contributed by atoms with E-state index >= 15 is 0 Å². The van der Waals surface area contributed by atoms with Gasteiger partial charge in [-0.05, 0) is 40.2 Å². The number of para-hydroxylation sites is 1. The summed E-state index contributed by atoms with van der Waals surface area (Å²) in [5, 5.41) is 14.2. The fourth-order valence-corrected chi connectivity index (χ4v) is 3.63. The molecule has 23 heavy (non-hydrogen) atoms. The van der Waals surface area contributed by atoms with Crippen LogP contribution in [-0.2, 0) is 0 Å². The molecule has 0 spiro atoms. The zero-order chi connectivity index (χ0) is 16.6. The van der Waals surface area contributed by atoms with Crippen molar-refractivity contribution < 1.29 is 9.72 Å². The summed E-state index contributed by atoms with van der Waals surface area (Å²) in [4.78, 5) is 27.1. The first-order valence-electron chi connectivity index (χ1n) is 6.26. The molecule has 0 unspecified atom stereocenters. The number of nitrogens with one attached hydrogen (secondary N) is 1. The number of nitrogens with zero attached hydrogens (tertiary/aromatic N) is 2. The fraction of sp³-hybridized carbons (Fsp3) is 0. The van der Waals surface area contributed by atoms with Crippen LogP contribution in [0.4, 0.5) is 10.8 Å². The molecule has 116 valence electrons. The van der Waals surface area contributed by atoms with E-state index in [0.29, 0.717) is 10.6 Å². The van der Waals surface area contributed by atoms with Crippen molar-refractivity contribution in [2.24, 2.45) is 0 Å². The number of halogens is 2. The third kappa shape index (κ3) is 3.19. The van der Waals surface area contributed by atoms with Crippen LogP contribution in [0.15, 0.2) is 40.9 Å². The van der Waals surface area contributed by atoms with E-state index in [4.69, 9.17) is 11.6 Å². The van der Waals surface area contributed by atoms with Gasteiger partial charge < -0.3 is 0 Å². The highest BCUT2D eigenvalue weighted by Gasteiger charge is 2.21. The molecule has 1 heterocycles. The van der Waals surface area contributed by atoms with Crippen LogP contribution in [0, 0.1) is 10.1 Å². The monoisotopic (exact) mass is 411 g/mol. The van der Waals surface area contributed by atoms with Gasteiger partial charge in [-0.25, -0.2) is 4.98 Å². The maximum atomic E-state index is 12.3. The largest absolute Gasteiger partial charge is 0.298 e.